The minimum Gasteiger partial charge on any atom is -0.497 e. The van der Waals surface area contributed by atoms with Gasteiger partial charge >= 0.3 is 0 Å². The Bertz CT molecular complexity index is 993. The third-order valence-electron chi connectivity index (χ3n) is 4.38. The summed E-state index contributed by atoms with van der Waals surface area (Å²) in [4.78, 5) is 12.5. The van der Waals surface area contributed by atoms with E-state index in [4.69, 9.17) is 21.1 Å². The molecule has 0 aliphatic heterocycles. The lowest BCUT2D eigenvalue weighted by Gasteiger charge is -2.23. The number of nitrogens with zero attached hydrogens (tertiary/aromatic N) is 1. The number of hydrogen-bond donors (Lipinski definition) is 1. The summed E-state index contributed by atoms with van der Waals surface area (Å²) < 4.78 is 38.3. The van der Waals surface area contributed by atoms with Crippen LogP contribution in [-0.4, -0.2) is 47.7 Å². The number of methoxy groups -OCH3 is 1. The van der Waals surface area contributed by atoms with Crippen LogP contribution in [0.5, 0.6) is 5.75 Å². The summed E-state index contributed by atoms with van der Waals surface area (Å²) in [5, 5.41) is 2.90. The quantitative estimate of drug-likeness (QED) is 0.379. The fraction of sp³-hybridized carbons (Fsp3) is 0.318. The monoisotopic (exact) mass is 466 g/mol. The van der Waals surface area contributed by atoms with Crippen molar-refractivity contribution < 1.29 is 22.7 Å². The number of halogens is 1. The van der Waals surface area contributed by atoms with Crippen LogP contribution in [-0.2, 0) is 14.8 Å². The third kappa shape index (κ3) is 6.46. The molecule has 0 bridgehead atoms. The third-order valence-corrected chi connectivity index (χ3v) is 6.50. The van der Waals surface area contributed by atoms with Gasteiger partial charge in [0.05, 0.1) is 34.8 Å². The number of nitrogens with one attached hydrogen (secondary N) is 1. The van der Waals surface area contributed by atoms with Crippen molar-refractivity contribution in [3.8, 4) is 5.75 Å². The Morgan fingerprint density at radius 2 is 1.94 bits per heavy atom. The summed E-state index contributed by atoms with van der Waals surface area (Å²) in [6, 6.07) is 10.7. The van der Waals surface area contributed by atoms with E-state index in [1.54, 1.807) is 24.3 Å². The molecule has 0 aromatic heterocycles. The van der Waals surface area contributed by atoms with E-state index in [2.05, 4.69) is 11.9 Å². The van der Waals surface area contributed by atoms with Gasteiger partial charge in [0, 0.05) is 19.8 Å². The van der Waals surface area contributed by atoms with Crippen LogP contribution < -0.4 is 14.4 Å². The number of carbonyl (C=O) groups is 1. The van der Waals surface area contributed by atoms with Crippen LogP contribution in [0, 0.1) is 0 Å². The Morgan fingerprint density at radius 3 is 2.55 bits per heavy atom. The Kier molecular flexibility index (Phi) is 9.36. The molecule has 0 radical (unpaired) electrons. The number of benzene rings is 2. The molecule has 0 saturated carbocycles. The molecule has 0 spiro atoms. The molecule has 0 fully saturated rings. The molecule has 0 heterocycles. The number of carbonyl (C=O) groups excluding carboxylic acids is 1. The molecule has 2 aromatic carbocycles. The minimum atomic E-state index is -3.98. The molecule has 0 aliphatic carbocycles. The highest BCUT2D eigenvalue weighted by Gasteiger charge is 2.26. The zero-order valence-electron chi connectivity index (χ0n) is 17.6. The second kappa shape index (κ2) is 11.7. The van der Waals surface area contributed by atoms with Crippen LogP contribution in [0.3, 0.4) is 0 Å². The lowest BCUT2D eigenvalue weighted by molar-refractivity contribution is 0.0944. The van der Waals surface area contributed by atoms with E-state index in [-0.39, 0.29) is 22.0 Å². The summed E-state index contributed by atoms with van der Waals surface area (Å²) in [6.45, 7) is 7.12. The van der Waals surface area contributed by atoms with Gasteiger partial charge in [-0.25, -0.2) is 8.42 Å². The molecule has 2 rings (SSSR count). The molecule has 2 aromatic rings. The molecule has 0 unspecified atom stereocenters. The highest BCUT2D eigenvalue weighted by molar-refractivity contribution is 7.92. The number of sulfonamides is 1. The van der Waals surface area contributed by atoms with E-state index in [1.165, 1.54) is 35.7 Å². The molecule has 7 nitrogen and oxygen atoms in total. The van der Waals surface area contributed by atoms with Gasteiger partial charge < -0.3 is 14.8 Å². The van der Waals surface area contributed by atoms with E-state index in [1.807, 2.05) is 6.92 Å². The number of rotatable bonds is 12. The van der Waals surface area contributed by atoms with Crippen LogP contribution in [0.4, 0.5) is 5.69 Å². The van der Waals surface area contributed by atoms with Crippen LogP contribution in [0.2, 0.25) is 5.02 Å². The first kappa shape index (κ1) is 24.7. The normalized spacial score (nSPS) is 11.1. The van der Waals surface area contributed by atoms with Crippen LogP contribution in [0.1, 0.15) is 23.7 Å². The zero-order valence-corrected chi connectivity index (χ0v) is 19.2. The molecule has 168 valence electrons. The zero-order chi connectivity index (χ0) is 22.9. The van der Waals surface area contributed by atoms with Gasteiger partial charge in [0.2, 0.25) is 0 Å². The summed E-state index contributed by atoms with van der Waals surface area (Å²) >= 11 is 6.17. The van der Waals surface area contributed by atoms with Crippen molar-refractivity contribution in [3.63, 3.8) is 0 Å². The molecule has 0 aliphatic rings. The highest BCUT2D eigenvalue weighted by atomic mass is 35.5. The lowest BCUT2D eigenvalue weighted by Crippen LogP contribution is -2.31. The number of hydrogen-bond acceptors (Lipinski definition) is 5. The SMILES string of the molecule is C=CCN(c1ccc(OC)cc1)S(=O)(=O)c1ccc(Cl)c(C(=O)NCCCOCC)c1. The van der Waals surface area contributed by atoms with E-state index in [0.717, 1.165) is 0 Å². The maximum Gasteiger partial charge on any atom is 0.264 e. The van der Waals surface area contributed by atoms with E-state index in [9.17, 15) is 13.2 Å². The van der Waals surface area contributed by atoms with E-state index < -0.39 is 15.9 Å². The average Bonchev–Trinajstić information content (AvgIpc) is 2.77. The Labute approximate surface area is 188 Å². The maximum absolute atomic E-state index is 13.4. The number of anilines is 1. The van der Waals surface area contributed by atoms with Gasteiger partial charge in [-0.2, -0.15) is 0 Å². The van der Waals surface area contributed by atoms with Crippen molar-refractivity contribution in [1.29, 1.82) is 0 Å². The van der Waals surface area contributed by atoms with Crippen molar-refractivity contribution in [1.82, 2.24) is 5.32 Å². The van der Waals surface area contributed by atoms with Gasteiger partial charge in [0.25, 0.3) is 15.9 Å². The first-order chi connectivity index (χ1) is 14.8. The molecule has 31 heavy (non-hydrogen) atoms. The van der Waals surface area contributed by atoms with Gasteiger partial charge in [-0.3, -0.25) is 9.10 Å². The molecule has 0 atom stereocenters. The molecule has 1 amide bonds. The standard InChI is InChI=1S/C22H27ClN2O5S/c1-4-14-25(17-7-9-18(29-3)10-8-17)31(27,28)19-11-12-21(23)20(16-19)22(26)24-13-6-15-30-5-2/h4,7-12,16H,1,5-6,13-15H2,2-3H3,(H,24,26). The molecule has 0 saturated heterocycles. The number of amides is 1. The largest absolute Gasteiger partial charge is 0.497 e. The van der Waals surface area contributed by atoms with Crippen molar-refractivity contribution in [3.05, 3.63) is 65.7 Å². The summed E-state index contributed by atoms with van der Waals surface area (Å²) in [5.74, 6) is 0.160. The summed E-state index contributed by atoms with van der Waals surface area (Å²) in [7, 11) is -2.45. The molecule has 1 N–H and O–H groups in total. The number of ether oxygens (including phenoxy) is 2. The van der Waals surface area contributed by atoms with Crippen LogP contribution >= 0.6 is 11.6 Å². The minimum absolute atomic E-state index is 0.0472. The van der Waals surface area contributed by atoms with E-state index >= 15 is 0 Å². The average molecular weight is 467 g/mol. The van der Waals surface area contributed by atoms with Crippen LogP contribution in [0.15, 0.2) is 60.0 Å². The first-order valence-electron chi connectivity index (χ1n) is 9.78. The second-order valence-corrected chi connectivity index (χ2v) is 8.74. The van der Waals surface area contributed by atoms with Gasteiger partial charge in [-0.05, 0) is 55.8 Å². The van der Waals surface area contributed by atoms with Gasteiger partial charge in [-0.1, -0.05) is 17.7 Å². The lowest BCUT2D eigenvalue weighted by atomic mass is 10.2. The smallest absolute Gasteiger partial charge is 0.264 e. The Balaban J connectivity index is 2.30. The Hall–Kier alpha value is -2.55. The highest BCUT2D eigenvalue weighted by Crippen LogP contribution is 2.28. The topological polar surface area (TPSA) is 84.9 Å². The first-order valence-corrected chi connectivity index (χ1v) is 11.6. The maximum atomic E-state index is 13.4. The Morgan fingerprint density at radius 1 is 1.23 bits per heavy atom. The predicted molar refractivity (Wildman–Crippen MR) is 123 cm³/mol. The molecular weight excluding hydrogens is 440 g/mol. The fourth-order valence-electron chi connectivity index (χ4n) is 2.79. The predicted octanol–water partition coefficient (Wildman–Crippen LogP) is 3.89. The summed E-state index contributed by atoms with van der Waals surface area (Å²) in [6.07, 6.45) is 2.13. The van der Waals surface area contributed by atoms with Gasteiger partial charge in [0.1, 0.15) is 5.75 Å². The molecule has 9 heteroatoms. The molecular formula is C22H27ClN2O5S. The van der Waals surface area contributed by atoms with Crippen molar-refractivity contribution in [2.24, 2.45) is 0 Å². The second-order valence-electron chi connectivity index (χ2n) is 6.47. The van der Waals surface area contributed by atoms with Crippen LogP contribution in [0.25, 0.3) is 0 Å². The van der Waals surface area contributed by atoms with Crippen molar-refractivity contribution >= 4 is 33.2 Å². The van der Waals surface area contributed by atoms with Crippen molar-refractivity contribution in [2.75, 3.05) is 37.7 Å². The fourth-order valence-corrected chi connectivity index (χ4v) is 4.46. The van der Waals surface area contributed by atoms with E-state index in [0.29, 0.717) is 37.6 Å². The van der Waals surface area contributed by atoms with Gasteiger partial charge in [-0.15, -0.1) is 6.58 Å². The van der Waals surface area contributed by atoms with Crippen molar-refractivity contribution in [2.45, 2.75) is 18.2 Å². The summed E-state index contributed by atoms with van der Waals surface area (Å²) in [5.41, 5.74) is 0.532. The van der Waals surface area contributed by atoms with Gasteiger partial charge in [0.15, 0.2) is 0 Å².